The largest absolute Gasteiger partial charge is 0.497 e. The summed E-state index contributed by atoms with van der Waals surface area (Å²) in [4.78, 5) is 9.04. The van der Waals surface area contributed by atoms with Crippen molar-refractivity contribution in [3.05, 3.63) is 59.7 Å². The molecule has 9 heteroatoms. The van der Waals surface area contributed by atoms with Gasteiger partial charge in [0.25, 0.3) is 0 Å². The molecule has 1 aliphatic heterocycles. The number of hydrogen-bond donors (Lipinski definition) is 1. The quantitative estimate of drug-likeness (QED) is 0.334. The first kappa shape index (κ1) is 25.3. The number of piperazine rings is 1. The number of nitrogens with zero attached hydrogens (tertiary/aromatic N) is 3. The SMILES string of the molecule is CN=C(NCc1ccc(CS(C)(=O)=O)cc1)N1CCN(c2cccc(OC)c2)CC1.I. The van der Waals surface area contributed by atoms with E-state index in [1.54, 1.807) is 14.2 Å². The van der Waals surface area contributed by atoms with Crippen LogP contribution in [-0.2, 0) is 22.1 Å². The summed E-state index contributed by atoms with van der Waals surface area (Å²) in [5.74, 6) is 1.82. The molecule has 0 spiro atoms. The molecule has 1 N–H and O–H groups in total. The average molecular weight is 558 g/mol. The van der Waals surface area contributed by atoms with Crippen LogP contribution in [0, 0.1) is 0 Å². The van der Waals surface area contributed by atoms with Crippen LogP contribution in [0.25, 0.3) is 0 Å². The summed E-state index contributed by atoms with van der Waals surface area (Å²) in [6, 6.07) is 15.8. The lowest BCUT2D eigenvalue weighted by Crippen LogP contribution is -2.52. The number of nitrogens with one attached hydrogen (secondary N) is 1. The minimum Gasteiger partial charge on any atom is -0.497 e. The van der Waals surface area contributed by atoms with E-state index in [1.807, 2.05) is 36.4 Å². The van der Waals surface area contributed by atoms with Crippen LogP contribution in [0.1, 0.15) is 11.1 Å². The highest BCUT2D eigenvalue weighted by atomic mass is 127. The van der Waals surface area contributed by atoms with Crippen molar-refractivity contribution in [3.63, 3.8) is 0 Å². The van der Waals surface area contributed by atoms with Crippen molar-refractivity contribution in [1.82, 2.24) is 10.2 Å². The third kappa shape index (κ3) is 7.57. The van der Waals surface area contributed by atoms with E-state index in [4.69, 9.17) is 4.74 Å². The van der Waals surface area contributed by atoms with Gasteiger partial charge in [-0.15, -0.1) is 24.0 Å². The lowest BCUT2D eigenvalue weighted by Gasteiger charge is -2.37. The maximum atomic E-state index is 11.4. The monoisotopic (exact) mass is 558 g/mol. The molecule has 0 saturated carbocycles. The number of guanidine groups is 1. The maximum Gasteiger partial charge on any atom is 0.194 e. The van der Waals surface area contributed by atoms with Gasteiger partial charge in [-0.25, -0.2) is 8.42 Å². The fraction of sp³-hybridized carbons (Fsp3) is 0.409. The Morgan fingerprint density at radius 1 is 1.06 bits per heavy atom. The third-order valence-corrected chi connectivity index (χ3v) is 5.97. The first-order valence-corrected chi connectivity index (χ1v) is 12.0. The van der Waals surface area contributed by atoms with Gasteiger partial charge in [0, 0.05) is 57.8 Å². The lowest BCUT2D eigenvalue weighted by molar-refractivity contribution is 0.372. The van der Waals surface area contributed by atoms with Crippen LogP contribution in [0.2, 0.25) is 0 Å². The first-order valence-electron chi connectivity index (χ1n) is 9.98. The molecule has 2 aromatic rings. The minimum absolute atomic E-state index is 0. The Kier molecular flexibility index (Phi) is 9.42. The Morgan fingerprint density at radius 2 is 1.71 bits per heavy atom. The number of rotatable bonds is 6. The van der Waals surface area contributed by atoms with E-state index < -0.39 is 9.84 Å². The topological polar surface area (TPSA) is 74.2 Å². The van der Waals surface area contributed by atoms with Gasteiger partial charge >= 0.3 is 0 Å². The van der Waals surface area contributed by atoms with Crippen molar-refractivity contribution in [2.75, 3.05) is 51.5 Å². The van der Waals surface area contributed by atoms with Crippen LogP contribution in [0.3, 0.4) is 0 Å². The van der Waals surface area contributed by atoms with Gasteiger partial charge < -0.3 is 19.9 Å². The number of ether oxygens (including phenoxy) is 1. The summed E-state index contributed by atoms with van der Waals surface area (Å²) in [5, 5.41) is 3.42. The second-order valence-corrected chi connectivity index (χ2v) is 9.60. The summed E-state index contributed by atoms with van der Waals surface area (Å²) in [5.41, 5.74) is 3.06. The molecule has 1 heterocycles. The summed E-state index contributed by atoms with van der Waals surface area (Å²) in [6.45, 7) is 4.22. The molecule has 3 rings (SSSR count). The van der Waals surface area contributed by atoms with E-state index in [-0.39, 0.29) is 29.7 Å². The highest BCUT2D eigenvalue weighted by Crippen LogP contribution is 2.22. The number of benzene rings is 2. The van der Waals surface area contributed by atoms with Crippen LogP contribution in [0.5, 0.6) is 5.75 Å². The maximum absolute atomic E-state index is 11.4. The number of hydrogen-bond acceptors (Lipinski definition) is 5. The van der Waals surface area contributed by atoms with Gasteiger partial charge in [-0.2, -0.15) is 0 Å². The number of sulfone groups is 1. The van der Waals surface area contributed by atoms with Crippen molar-refractivity contribution in [2.24, 2.45) is 4.99 Å². The molecule has 7 nitrogen and oxygen atoms in total. The molecule has 0 bridgehead atoms. The Balaban J connectivity index is 0.00000341. The molecule has 1 fully saturated rings. The van der Waals surface area contributed by atoms with Crippen molar-refractivity contribution in [3.8, 4) is 5.75 Å². The lowest BCUT2D eigenvalue weighted by atomic mass is 10.1. The third-order valence-electron chi connectivity index (χ3n) is 5.11. The Bertz CT molecular complexity index is 973. The number of halogens is 1. The second-order valence-electron chi connectivity index (χ2n) is 7.46. The predicted octanol–water partition coefficient (Wildman–Crippen LogP) is 2.76. The summed E-state index contributed by atoms with van der Waals surface area (Å²) in [7, 11) is 0.469. The molecule has 0 aliphatic carbocycles. The molecule has 1 saturated heterocycles. The smallest absolute Gasteiger partial charge is 0.194 e. The highest BCUT2D eigenvalue weighted by molar-refractivity contribution is 14.0. The molecule has 2 aromatic carbocycles. The zero-order chi connectivity index (χ0) is 21.6. The number of methoxy groups -OCH3 is 1. The minimum atomic E-state index is -3.02. The molecule has 1 aliphatic rings. The van der Waals surface area contributed by atoms with Crippen LogP contribution in [0.4, 0.5) is 5.69 Å². The molecular formula is C22H31IN4O3S. The molecule has 170 valence electrons. The van der Waals surface area contributed by atoms with Gasteiger partial charge in [0.2, 0.25) is 0 Å². The van der Waals surface area contributed by atoms with E-state index in [2.05, 4.69) is 32.2 Å². The molecule has 0 atom stereocenters. The van der Waals surface area contributed by atoms with Gasteiger partial charge in [0.05, 0.1) is 12.9 Å². The van der Waals surface area contributed by atoms with E-state index in [0.717, 1.165) is 49.0 Å². The van der Waals surface area contributed by atoms with Crippen LogP contribution in [0.15, 0.2) is 53.5 Å². The van der Waals surface area contributed by atoms with Crippen molar-refractivity contribution < 1.29 is 13.2 Å². The summed E-state index contributed by atoms with van der Waals surface area (Å²) < 4.78 is 28.2. The van der Waals surface area contributed by atoms with E-state index in [9.17, 15) is 8.42 Å². The normalized spacial score (nSPS) is 14.7. The highest BCUT2D eigenvalue weighted by Gasteiger charge is 2.20. The molecule has 0 radical (unpaired) electrons. The Labute approximate surface area is 202 Å². The van der Waals surface area contributed by atoms with Gasteiger partial charge in [-0.3, -0.25) is 4.99 Å². The van der Waals surface area contributed by atoms with Crippen LogP contribution >= 0.6 is 24.0 Å². The van der Waals surface area contributed by atoms with Gasteiger partial charge in [-0.1, -0.05) is 30.3 Å². The van der Waals surface area contributed by atoms with Crippen molar-refractivity contribution in [1.29, 1.82) is 0 Å². The fourth-order valence-electron chi connectivity index (χ4n) is 3.55. The molecule has 31 heavy (non-hydrogen) atoms. The van der Waals surface area contributed by atoms with Gasteiger partial charge in [-0.05, 0) is 23.3 Å². The number of anilines is 1. The Hall–Kier alpha value is -2.01. The molecule has 0 amide bonds. The van der Waals surface area contributed by atoms with E-state index in [0.29, 0.717) is 6.54 Å². The zero-order valence-corrected chi connectivity index (χ0v) is 21.4. The summed E-state index contributed by atoms with van der Waals surface area (Å²) in [6.07, 6.45) is 1.25. The number of aliphatic imine (C=N–C) groups is 1. The fourth-order valence-corrected chi connectivity index (χ4v) is 4.35. The van der Waals surface area contributed by atoms with Crippen LogP contribution in [-0.4, -0.2) is 65.9 Å². The predicted molar refractivity (Wildman–Crippen MR) is 137 cm³/mol. The van der Waals surface area contributed by atoms with Crippen LogP contribution < -0.4 is 15.0 Å². The van der Waals surface area contributed by atoms with E-state index in [1.165, 1.54) is 11.9 Å². The standard InChI is InChI=1S/C22H30N4O3S.HI/c1-23-22(24-16-18-7-9-19(10-8-18)17-30(3,27)28)26-13-11-25(12-14-26)20-5-4-6-21(15-20)29-2;/h4-10,15H,11-14,16-17H2,1-3H3,(H,23,24);1H. The molecular weight excluding hydrogens is 527 g/mol. The molecule has 0 aromatic heterocycles. The van der Waals surface area contributed by atoms with Crippen molar-refractivity contribution >= 4 is 45.5 Å². The van der Waals surface area contributed by atoms with Crippen molar-refractivity contribution in [2.45, 2.75) is 12.3 Å². The first-order chi connectivity index (χ1) is 14.4. The zero-order valence-electron chi connectivity index (χ0n) is 18.2. The Morgan fingerprint density at radius 3 is 2.29 bits per heavy atom. The van der Waals surface area contributed by atoms with E-state index >= 15 is 0 Å². The average Bonchev–Trinajstić information content (AvgIpc) is 2.75. The summed E-state index contributed by atoms with van der Waals surface area (Å²) >= 11 is 0. The second kappa shape index (κ2) is 11.6. The molecule has 0 unspecified atom stereocenters. The van der Waals surface area contributed by atoms with Gasteiger partial charge in [0.1, 0.15) is 5.75 Å². The van der Waals surface area contributed by atoms with Gasteiger partial charge in [0.15, 0.2) is 15.8 Å².